The average molecular weight is 316 g/mol. The Morgan fingerprint density at radius 3 is 2.57 bits per heavy atom. The van der Waals surface area contributed by atoms with Crippen LogP contribution in [-0.4, -0.2) is 12.5 Å². The fraction of sp³-hybridized carbons (Fsp3) is 0.278. The van der Waals surface area contributed by atoms with Gasteiger partial charge < -0.3 is 15.8 Å². The summed E-state index contributed by atoms with van der Waals surface area (Å²) in [6, 6.07) is 14.1. The molecule has 2 rings (SSSR count). The maximum atomic E-state index is 13.5. The molecule has 0 unspecified atom stereocenters. The lowest BCUT2D eigenvalue weighted by molar-refractivity contribution is -0.121. The molecule has 1 atom stereocenters. The second-order valence-corrected chi connectivity index (χ2v) is 5.46. The summed E-state index contributed by atoms with van der Waals surface area (Å²) in [5.41, 5.74) is 6.80. The van der Waals surface area contributed by atoms with Crippen molar-refractivity contribution in [3.8, 4) is 5.75 Å². The third-order valence-electron chi connectivity index (χ3n) is 3.54. The lowest BCUT2D eigenvalue weighted by atomic mass is 10.1. The minimum absolute atomic E-state index is 0.195. The van der Waals surface area contributed by atoms with Crippen LogP contribution >= 0.6 is 0 Å². The van der Waals surface area contributed by atoms with Crippen molar-refractivity contribution in [2.75, 3.05) is 6.54 Å². The second-order valence-electron chi connectivity index (χ2n) is 5.46. The summed E-state index contributed by atoms with van der Waals surface area (Å²) >= 11 is 0. The molecule has 4 nitrogen and oxygen atoms in total. The van der Waals surface area contributed by atoms with Crippen molar-refractivity contribution in [2.24, 2.45) is 11.7 Å². The molecule has 0 aromatic heterocycles. The van der Waals surface area contributed by atoms with E-state index in [1.165, 1.54) is 6.07 Å². The number of halogens is 1. The Morgan fingerprint density at radius 1 is 1.22 bits per heavy atom. The number of primary amides is 1. The molecular formula is C18H21FN2O2. The highest BCUT2D eigenvalue weighted by Gasteiger charge is 2.07. The van der Waals surface area contributed by atoms with Crippen molar-refractivity contribution in [3.05, 3.63) is 65.5 Å². The first-order chi connectivity index (χ1) is 11.1. The molecule has 0 spiro atoms. The first-order valence-electron chi connectivity index (χ1n) is 7.51. The Kier molecular flexibility index (Phi) is 6.11. The van der Waals surface area contributed by atoms with Crippen LogP contribution in [0.15, 0.2) is 48.5 Å². The number of amides is 1. The molecule has 3 N–H and O–H groups in total. The summed E-state index contributed by atoms with van der Waals surface area (Å²) < 4.78 is 19.1. The van der Waals surface area contributed by atoms with Crippen LogP contribution < -0.4 is 15.8 Å². The van der Waals surface area contributed by atoms with E-state index in [4.69, 9.17) is 10.5 Å². The van der Waals surface area contributed by atoms with Crippen molar-refractivity contribution in [1.29, 1.82) is 0 Å². The molecule has 0 saturated carbocycles. The van der Waals surface area contributed by atoms with Gasteiger partial charge in [-0.1, -0.05) is 37.3 Å². The van der Waals surface area contributed by atoms with E-state index in [1.54, 1.807) is 25.1 Å². The van der Waals surface area contributed by atoms with Gasteiger partial charge in [0, 0.05) is 24.6 Å². The number of rotatable bonds is 8. The summed E-state index contributed by atoms with van der Waals surface area (Å²) in [5, 5.41) is 3.18. The molecule has 0 heterocycles. The Balaban J connectivity index is 1.80. The quantitative estimate of drug-likeness (QED) is 0.787. The normalized spacial score (nSPS) is 11.9. The Hall–Kier alpha value is -2.40. The zero-order valence-corrected chi connectivity index (χ0v) is 13.1. The highest BCUT2D eigenvalue weighted by Crippen LogP contribution is 2.15. The largest absolute Gasteiger partial charge is 0.489 e. The summed E-state index contributed by atoms with van der Waals surface area (Å²) in [6.07, 6.45) is 0. The van der Waals surface area contributed by atoms with Crippen LogP contribution in [-0.2, 0) is 17.9 Å². The zero-order valence-electron chi connectivity index (χ0n) is 13.1. The molecule has 0 aliphatic rings. The number of nitrogens with one attached hydrogen (secondary N) is 1. The highest BCUT2D eigenvalue weighted by atomic mass is 19.1. The van der Waals surface area contributed by atoms with Crippen molar-refractivity contribution < 1.29 is 13.9 Å². The van der Waals surface area contributed by atoms with E-state index in [1.807, 2.05) is 24.3 Å². The van der Waals surface area contributed by atoms with Gasteiger partial charge in [0.05, 0.1) is 0 Å². The van der Waals surface area contributed by atoms with Crippen LogP contribution in [0.3, 0.4) is 0 Å². The number of benzene rings is 2. The minimum Gasteiger partial charge on any atom is -0.489 e. The lowest BCUT2D eigenvalue weighted by Gasteiger charge is -2.10. The van der Waals surface area contributed by atoms with Gasteiger partial charge in [-0.25, -0.2) is 4.39 Å². The van der Waals surface area contributed by atoms with Crippen LogP contribution in [0.4, 0.5) is 4.39 Å². The summed E-state index contributed by atoms with van der Waals surface area (Å²) in [5.74, 6) is -0.0906. The molecule has 0 aliphatic heterocycles. The SMILES string of the molecule is C[C@H](CNCc1ccc(OCc2ccccc2F)cc1)C(N)=O. The van der Waals surface area contributed by atoms with Crippen LogP contribution in [0.1, 0.15) is 18.1 Å². The van der Waals surface area contributed by atoms with E-state index < -0.39 is 0 Å². The fourth-order valence-corrected chi connectivity index (χ4v) is 2.01. The van der Waals surface area contributed by atoms with Gasteiger partial charge in [-0.05, 0) is 23.8 Å². The molecule has 0 saturated heterocycles. The van der Waals surface area contributed by atoms with Gasteiger partial charge in [0.15, 0.2) is 0 Å². The smallest absolute Gasteiger partial charge is 0.221 e. The zero-order chi connectivity index (χ0) is 16.7. The molecule has 122 valence electrons. The number of nitrogens with two attached hydrogens (primary N) is 1. The first-order valence-corrected chi connectivity index (χ1v) is 7.51. The molecule has 0 radical (unpaired) electrons. The number of carbonyl (C=O) groups is 1. The monoisotopic (exact) mass is 316 g/mol. The summed E-state index contributed by atoms with van der Waals surface area (Å²) in [7, 11) is 0. The van der Waals surface area contributed by atoms with Crippen LogP contribution in [0.2, 0.25) is 0 Å². The molecule has 0 aliphatic carbocycles. The van der Waals surface area contributed by atoms with Crippen molar-refractivity contribution in [2.45, 2.75) is 20.1 Å². The van der Waals surface area contributed by atoms with E-state index >= 15 is 0 Å². The van der Waals surface area contributed by atoms with E-state index in [0.29, 0.717) is 24.4 Å². The molecule has 0 bridgehead atoms. The molecule has 1 amide bonds. The summed E-state index contributed by atoms with van der Waals surface area (Å²) in [4.78, 5) is 10.9. The number of ether oxygens (including phenoxy) is 1. The third-order valence-corrected chi connectivity index (χ3v) is 3.54. The van der Waals surface area contributed by atoms with Gasteiger partial charge in [0.2, 0.25) is 5.91 Å². The Bertz CT molecular complexity index is 644. The van der Waals surface area contributed by atoms with E-state index in [9.17, 15) is 9.18 Å². The third kappa shape index (κ3) is 5.38. The molecule has 5 heteroatoms. The standard InChI is InChI=1S/C18H21FN2O2/c1-13(18(20)22)10-21-11-14-6-8-16(9-7-14)23-12-15-4-2-3-5-17(15)19/h2-9,13,21H,10-12H2,1H3,(H2,20,22)/t13-/m1/s1. The van der Waals surface area contributed by atoms with Gasteiger partial charge in [0.25, 0.3) is 0 Å². The predicted molar refractivity (Wildman–Crippen MR) is 87.2 cm³/mol. The lowest BCUT2D eigenvalue weighted by Crippen LogP contribution is -2.30. The van der Waals surface area contributed by atoms with Crippen LogP contribution in [0.5, 0.6) is 5.75 Å². The van der Waals surface area contributed by atoms with Gasteiger partial charge >= 0.3 is 0 Å². The molecule has 2 aromatic carbocycles. The van der Waals surface area contributed by atoms with Gasteiger partial charge in [0.1, 0.15) is 18.2 Å². The fourth-order valence-electron chi connectivity index (χ4n) is 2.01. The maximum absolute atomic E-state index is 13.5. The number of hydrogen-bond donors (Lipinski definition) is 2. The average Bonchev–Trinajstić information content (AvgIpc) is 2.55. The van der Waals surface area contributed by atoms with Gasteiger partial charge in [-0.2, -0.15) is 0 Å². The maximum Gasteiger partial charge on any atom is 0.221 e. The molecular weight excluding hydrogens is 295 g/mol. The van der Waals surface area contributed by atoms with Gasteiger partial charge in [-0.15, -0.1) is 0 Å². The van der Waals surface area contributed by atoms with Crippen LogP contribution in [0.25, 0.3) is 0 Å². The van der Waals surface area contributed by atoms with Crippen molar-refractivity contribution >= 4 is 5.91 Å². The minimum atomic E-state index is -0.311. The van der Waals surface area contributed by atoms with E-state index in [-0.39, 0.29) is 24.2 Å². The number of carbonyl (C=O) groups excluding carboxylic acids is 1. The van der Waals surface area contributed by atoms with Crippen molar-refractivity contribution in [1.82, 2.24) is 5.32 Å². The molecule has 0 fully saturated rings. The Labute approximate surface area is 135 Å². The molecule has 23 heavy (non-hydrogen) atoms. The second kappa shape index (κ2) is 8.29. The van der Waals surface area contributed by atoms with Crippen LogP contribution in [0, 0.1) is 11.7 Å². The van der Waals surface area contributed by atoms with E-state index in [2.05, 4.69) is 5.32 Å². The van der Waals surface area contributed by atoms with Crippen molar-refractivity contribution in [3.63, 3.8) is 0 Å². The van der Waals surface area contributed by atoms with E-state index in [0.717, 1.165) is 5.56 Å². The first kappa shape index (κ1) is 17.0. The van der Waals surface area contributed by atoms with Gasteiger partial charge in [-0.3, -0.25) is 4.79 Å². The highest BCUT2D eigenvalue weighted by molar-refractivity contribution is 5.76. The predicted octanol–water partition coefficient (Wildman–Crippen LogP) is 2.62. The molecule has 2 aromatic rings. The number of hydrogen-bond acceptors (Lipinski definition) is 3. The Morgan fingerprint density at radius 2 is 1.91 bits per heavy atom. The summed E-state index contributed by atoms with van der Waals surface area (Å²) in [6.45, 7) is 3.17. The topological polar surface area (TPSA) is 64.3 Å².